The van der Waals surface area contributed by atoms with Crippen molar-refractivity contribution in [3.8, 4) is 6.07 Å². The van der Waals surface area contributed by atoms with Crippen LogP contribution >= 0.6 is 0 Å². The fourth-order valence-electron chi connectivity index (χ4n) is 1.03. The monoisotopic (exact) mass is 191 g/mol. The van der Waals surface area contributed by atoms with Gasteiger partial charge in [-0.05, 0) is 20.3 Å². The lowest BCUT2D eigenvalue weighted by Gasteiger charge is -2.14. The Bertz CT molecular complexity index is 360. The molecule has 0 spiro atoms. The van der Waals surface area contributed by atoms with Crippen molar-refractivity contribution >= 4 is 6.29 Å². The van der Waals surface area contributed by atoms with Crippen LogP contribution in [0.15, 0.2) is 12.5 Å². The molecule has 1 rings (SSSR count). The third-order valence-corrected chi connectivity index (χ3v) is 2.07. The Kier molecular flexibility index (Phi) is 3.03. The summed E-state index contributed by atoms with van der Waals surface area (Å²) in [6, 6.07) is 2.23. The number of rotatable bonds is 4. The van der Waals surface area contributed by atoms with E-state index < -0.39 is 0 Å². The minimum absolute atomic E-state index is 0.328. The van der Waals surface area contributed by atoms with Crippen LogP contribution in [0.2, 0.25) is 0 Å². The number of nitrogens with zero attached hydrogens (tertiary/aromatic N) is 3. The van der Waals surface area contributed by atoms with Gasteiger partial charge in [0.05, 0.1) is 17.8 Å². The molecule has 0 saturated carbocycles. The van der Waals surface area contributed by atoms with Crippen molar-refractivity contribution in [2.45, 2.75) is 26.8 Å². The van der Waals surface area contributed by atoms with Crippen molar-refractivity contribution in [3.63, 3.8) is 0 Å². The SMILES string of the molecule is CC(C)(C#N)CCn1cnc(C=O)c1. The molecule has 0 fully saturated rings. The van der Waals surface area contributed by atoms with Crippen LogP contribution in [0.5, 0.6) is 0 Å². The Hall–Kier alpha value is -1.63. The number of aldehydes is 1. The number of hydrogen-bond acceptors (Lipinski definition) is 3. The summed E-state index contributed by atoms with van der Waals surface area (Å²) in [7, 11) is 0. The first-order valence-corrected chi connectivity index (χ1v) is 4.45. The summed E-state index contributed by atoms with van der Waals surface area (Å²) in [5, 5.41) is 8.79. The highest BCUT2D eigenvalue weighted by molar-refractivity contribution is 5.70. The highest BCUT2D eigenvalue weighted by Gasteiger charge is 2.16. The van der Waals surface area contributed by atoms with E-state index in [1.165, 1.54) is 0 Å². The van der Waals surface area contributed by atoms with Gasteiger partial charge in [0.15, 0.2) is 6.29 Å². The van der Waals surface area contributed by atoms with Gasteiger partial charge in [-0.1, -0.05) is 0 Å². The van der Waals surface area contributed by atoms with E-state index in [9.17, 15) is 4.79 Å². The Labute approximate surface area is 83.2 Å². The maximum atomic E-state index is 10.3. The van der Waals surface area contributed by atoms with Gasteiger partial charge in [-0.3, -0.25) is 4.79 Å². The molecule has 0 aliphatic heterocycles. The minimum Gasteiger partial charge on any atom is -0.337 e. The highest BCUT2D eigenvalue weighted by atomic mass is 16.1. The number of aromatic nitrogens is 2. The lowest BCUT2D eigenvalue weighted by atomic mass is 9.91. The summed E-state index contributed by atoms with van der Waals surface area (Å²) < 4.78 is 1.82. The van der Waals surface area contributed by atoms with Crippen molar-refractivity contribution in [2.75, 3.05) is 0 Å². The standard InChI is InChI=1S/C10H13N3O/c1-10(2,7-11)3-4-13-5-9(6-14)12-8-13/h5-6,8H,3-4H2,1-2H3. The van der Waals surface area contributed by atoms with Crippen LogP contribution in [0.25, 0.3) is 0 Å². The average molecular weight is 191 g/mol. The van der Waals surface area contributed by atoms with E-state index in [1.807, 2.05) is 18.4 Å². The van der Waals surface area contributed by atoms with Crippen LogP contribution in [0, 0.1) is 16.7 Å². The van der Waals surface area contributed by atoms with E-state index in [4.69, 9.17) is 5.26 Å². The van der Waals surface area contributed by atoms with Crippen molar-refractivity contribution in [3.05, 3.63) is 18.2 Å². The Balaban J connectivity index is 2.54. The molecular formula is C10H13N3O. The van der Waals surface area contributed by atoms with Crippen LogP contribution in [0.1, 0.15) is 30.8 Å². The molecule has 4 nitrogen and oxygen atoms in total. The van der Waals surface area contributed by atoms with E-state index in [-0.39, 0.29) is 5.41 Å². The fourth-order valence-corrected chi connectivity index (χ4v) is 1.03. The molecule has 0 radical (unpaired) electrons. The number of nitriles is 1. The molecule has 0 N–H and O–H groups in total. The molecule has 1 aromatic rings. The van der Waals surface area contributed by atoms with E-state index in [1.54, 1.807) is 12.5 Å². The highest BCUT2D eigenvalue weighted by Crippen LogP contribution is 2.19. The molecule has 0 amide bonds. The second-order valence-corrected chi connectivity index (χ2v) is 3.90. The molecule has 0 atom stereocenters. The Morgan fingerprint density at radius 1 is 1.71 bits per heavy atom. The largest absolute Gasteiger partial charge is 0.337 e. The van der Waals surface area contributed by atoms with Crippen molar-refractivity contribution < 1.29 is 4.79 Å². The van der Waals surface area contributed by atoms with Crippen LogP contribution < -0.4 is 0 Å². The zero-order chi connectivity index (χ0) is 10.6. The fraction of sp³-hybridized carbons (Fsp3) is 0.500. The third-order valence-electron chi connectivity index (χ3n) is 2.07. The van der Waals surface area contributed by atoms with Crippen LogP contribution in [0.4, 0.5) is 0 Å². The van der Waals surface area contributed by atoms with E-state index in [2.05, 4.69) is 11.1 Å². The summed E-state index contributed by atoms with van der Waals surface area (Å²) in [6.45, 7) is 4.50. The average Bonchev–Trinajstić information content (AvgIpc) is 2.63. The quantitative estimate of drug-likeness (QED) is 0.680. The Morgan fingerprint density at radius 2 is 2.43 bits per heavy atom. The van der Waals surface area contributed by atoms with Gasteiger partial charge in [0.1, 0.15) is 5.69 Å². The summed E-state index contributed by atoms with van der Waals surface area (Å²) in [4.78, 5) is 14.2. The summed E-state index contributed by atoms with van der Waals surface area (Å²) in [6.07, 6.45) is 4.75. The van der Waals surface area contributed by atoms with Gasteiger partial charge in [0.25, 0.3) is 0 Å². The van der Waals surface area contributed by atoms with Gasteiger partial charge in [0.2, 0.25) is 0 Å². The van der Waals surface area contributed by atoms with Crippen LogP contribution in [-0.2, 0) is 6.54 Å². The van der Waals surface area contributed by atoms with Crippen molar-refractivity contribution in [1.82, 2.24) is 9.55 Å². The first-order chi connectivity index (χ1) is 6.57. The lowest BCUT2D eigenvalue weighted by Crippen LogP contribution is -2.11. The van der Waals surface area contributed by atoms with Crippen LogP contribution in [0.3, 0.4) is 0 Å². The van der Waals surface area contributed by atoms with E-state index in [0.717, 1.165) is 6.42 Å². The van der Waals surface area contributed by atoms with Gasteiger partial charge in [-0.15, -0.1) is 0 Å². The zero-order valence-corrected chi connectivity index (χ0v) is 8.40. The number of aryl methyl sites for hydroxylation is 1. The molecule has 0 aliphatic carbocycles. The van der Waals surface area contributed by atoms with Gasteiger partial charge in [0, 0.05) is 12.7 Å². The number of imidazole rings is 1. The predicted octanol–water partition coefficient (Wildman–Crippen LogP) is 1.64. The number of carbonyl (C=O) groups excluding carboxylic acids is 1. The Morgan fingerprint density at radius 3 is 2.93 bits per heavy atom. The minimum atomic E-state index is -0.328. The molecular weight excluding hydrogens is 178 g/mol. The van der Waals surface area contributed by atoms with E-state index >= 15 is 0 Å². The molecule has 0 aromatic carbocycles. The summed E-state index contributed by atoms with van der Waals surface area (Å²) in [5.41, 5.74) is 0.103. The van der Waals surface area contributed by atoms with Crippen molar-refractivity contribution in [1.29, 1.82) is 5.26 Å². The van der Waals surface area contributed by atoms with Gasteiger partial charge in [-0.2, -0.15) is 5.26 Å². The molecule has 74 valence electrons. The molecule has 0 bridgehead atoms. The zero-order valence-electron chi connectivity index (χ0n) is 8.40. The predicted molar refractivity (Wildman–Crippen MR) is 51.6 cm³/mol. The van der Waals surface area contributed by atoms with Gasteiger partial charge >= 0.3 is 0 Å². The smallest absolute Gasteiger partial charge is 0.169 e. The first kappa shape index (κ1) is 10.5. The second kappa shape index (κ2) is 4.05. The topological polar surface area (TPSA) is 58.7 Å². The maximum absolute atomic E-state index is 10.3. The van der Waals surface area contributed by atoms with Gasteiger partial charge in [-0.25, -0.2) is 4.98 Å². The van der Waals surface area contributed by atoms with E-state index in [0.29, 0.717) is 18.5 Å². The molecule has 14 heavy (non-hydrogen) atoms. The lowest BCUT2D eigenvalue weighted by molar-refractivity contribution is 0.111. The first-order valence-electron chi connectivity index (χ1n) is 4.45. The van der Waals surface area contributed by atoms with Crippen LogP contribution in [-0.4, -0.2) is 15.8 Å². The summed E-state index contributed by atoms with van der Waals surface area (Å²) in [5.74, 6) is 0. The van der Waals surface area contributed by atoms with Crippen molar-refractivity contribution in [2.24, 2.45) is 5.41 Å². The molecule has 0 unspecified atom stereocenters. The molecule has 1 aromatic heterocycles. The third kappa shape index (κ3) is 2.70. The second-order valence-electron chi connectivity index (χ2n) is 3.90. The maximum Gasteiger partial charge on any atom is 0.169 e. The van der Waals surface area contributed by atoms with Gasteiger partial charge < -0.3 is 4.57 Å². The number of hydrogen-bond donors (Lipinski definition) is 0. The molecule has 0 aliphatic rings. The molecule has 4 heteroatoms. The molecule has 0 saturated heterocycles. The normalized spacial score (nSPS) is 10.9. The number of carbonyl (C=O) groups is 1. The summed E-state index contributed by atoms with van der Waals surface area (Å²) >= 11 is 0. The molecule has 1 heterocycles.